The van der Waals surface area contributed by atoms with Crippen LogP contribution in [0.2, 0.25) is 0 Å². The summed E-state index contributed by atoms with van der Waals surface area (Å²) in [6.07, 6.45) is 3.54. The highest BCUT2D eigenvalue weighted by Gasteiger charge is 2.15. The quantitative estimate of drug-likeness (QED) is 0.630. The van der Waals surface area contributed by atoms with Gasteiger partial charge in [-0.1, -0.05) is 0 Å². The summed E-state index contributed by atoms with van der Waals surface area (Å²) in [6.45, 7) is 0.0302. The smallest absolute Gasteiger partial charge is 0.339 e. The Morgan fingerprint density at radius 1 is 1.65 bits per heavy atom. The lowest BCUT2D eigenvalue weighted by Gasteiger charge is -1.98. The van der Waals surface area contributed by atoms with Crippen LogP contribution in [0.5, 0.6) is 0 Å². The predicted molar refractivity (Wildman–Crippen MR) is 53.7 cm³/mol. The minimum atomic E-state index is -1.12. The lowest BCUT2D eigenvalue weighted by Crippen LogP contribution is -2.04. The maximum atomic E-state index is 10.8. The monoisotopic (exact) mass is 237 g/mol. The molecule has 0 aliphatic carbocycles. The van der Waals surface area contributed by atoms with Crippen molar-refractivity contribution >= 4 is 11.7 Å². The topological polar surface area (TPSA) is 111 Å². The first-order chi connectivity index (χ1) is 8.08. The second kappa shape index (κ2) is 4.08. The van der Waals surface area contributed by atoms with E-state index in [9.17, 15) is 14.9 Å². The molecule has 0 amide bonds. The number of rotatable bonds is 4. The molecule has 0 atom stereocenters. The Labute approximate surface area is 94.2 Å². The van der Waals surface area contributed by atoms with Gasteiger partial charge in [0.1, 0.15) is 30.3 Å². The van der Waals surface area contributed by atoms with Gasteiger partial charge in [0.15, 0.2) is 0 Å². The van der Waals surface area contributed by atoms with Crippen LogP contribution in [-0.2, 0) is 6.54 Å². The van der Waals surface area contributed by atoms with E-state index in [1.54, 1.807) is 0 Å². The molecule has 2 heterocycles. The zero-order valence-corrected chi connectivity index (χ0v) is 8.44. The van der Waals surface area contributed by atoms with E-state index in [4.69, 9.17) is 9.52 Å². The molecule has 0 unspecified atom stereocenters. The van der Waals surface area contributed by atoms with Crippen LogP contribution in [0.4, 0.5) is 5.69 Å². The van der Waals surface area contributed by atoms with Crippen LogP contribution in [-0.4, -0.2) is 25.8 Å². The van der Waals surface area contributed by atoms with Crippen molar-refractivity contribution in [2.45, 2.75) is 6.54 Å². The van der Waals surface area contributed by atoms with Gasteiger partial charge in [0.25, 0.3) is 0 Å². The molecule has 8 heteroatoms. The number of aromatic carboxylic acids is 1. The van der Waals surface area contributed by atoms with Crippen LogP contribution in [0.1, 0.15) is 16.1 Å². The van der Waals surface area contributed by atoms with Crippen LogP contribution in [0.25, 0.3) is 0 Å². The molecule has 0 aliphatic rings. The molecule has 0 saturated carbocycles. The van der Waals surface area contributed by atoms with Gasteiger partial charge in [-0.05, 0) is 6.07 Å². The van der Waals surface area contributed by atoms with Gasteiger partial charge in [0.05, 0.1) is 11.2 Å². The summed E-state index contributed by atoms with van der Waals surface area (Å²) >= 11 is 0. The van der Waals surface area contributed by atoms with Crippen LogP contribution in [0.15, 0.2) is 29.1 Å². The van der Waals surface area contributed by atoms with Crippen LogP contribution < -0.4 is 0 Å². The number of nitro groups is 1. The first kappa shape index (κ1) is 10.9. The van der Waals surface area contributed by atoms with Crippen molar-refractivity contribution in [3.63, 3.8) is 0 Å². The third-order valence-electron chi connectivity index (χ3n) is 2.11. The minimum absolute atomic E-state index is 0.0168. The van der Waals surface area contributed by atoms with Gasteiger partial charge in [-0.25, -0.2) is 4.79 Å². The van der Waals surface area contributed by atoms with Gasteiger partial charge in [-0.3, -0.25) is 14.8 Å². The van der Waals surface area contributed by atoms with E-state index in [1.807, 2.05) is 0 Å². The molecule has 0 aliphatic heterocycles. The van der Waals surface area contributed by atoms with Crippen molar-refractivity contribution in [2.24, 2.45) is 0 Å². The first-order valence-corrected chi connectivity index (χ1v) is 4.54. The summed E-state index contributed by atoms with van der Waals surface area (Å²) in [4.78, 5) is 20.6. The summed E-state index contributed by atoms with van der Waals surface area (Å²) < 4.78 is 6.23. The van der Waals surface area contributed by atoms with Gasteiger partial charge in [0, 0.05) is 0 Å². The van der Waals surface area contributed by atoms with Crippen molar-refractivity contribution in [3.8, 4) is 0 Å². The van der Waals surface area contributed by atoms with E-state index in [0.29, 0.717) is 0 Å². The van der Waals surface area contributed by atoms with Gasteiger partial charge in [0.2, 0.25) is 0 Å². The second-order valence-electron chi connectivity index (χ2n) is 3.22. The molecule has 0 radical (unpaired) electrons. The van der Waals surface area contributed by atoms with Gasteiger partial charge >= 0.3 is 11.7 Å². The van der Waals surface area contributed by atoms with Crippen molar-refractivity contribution in [3.05, 3.63) is 46.2 Å². The zero-order valence-electron chi connectivity index (χ0n) is 8.44. The Kier molecular flexibility index (Phi) is 2.61. The average molecular weight is 237 g/mol. The van der Waals surface area contributed by atoms with Gasteiger partial charge in [-0.15, -0.1) is 0 Å². The van der Waals surface area contributed by atoms with E-state index in [0.717, 1.165) is 6.20 Å². The summed E-state index contributed by atoms with van der Waals surface area (Å²) in [7, 11) is 0. The largest absolute Gasteiger partial charge is 0.478 e. The second-order valence-corrected chi connectivity index (χ2v) is 3.22. The molecular formula is C9H7N3O5. The average Bonchev–Trinajstić information content (AvgIpc) is 2.86. The van der Waals surface area contributed by atoms with E-state index >= 15 is 0 Å². The minimum Gasteiger partial charge on any atom is -0.478 e. The van der Waals surface area contributed by atoms with Crippen molar-refractivity contribution in [2.75, 3.05) is 0 Å². The molecule has 0 aromatic carbocycles. The molecule has 2 aromatic rings. The summed E-state index contributed by atoms with van der Waals surface area (Å²) in [5, 5.41) is 23.0. The van der Waals surface area contributed by atoms with Crippen molar-refractivity contribution < 1.29 is 19.2 Å². The van der Waals surface area contributed by atoms with Crippen LogP contribution in [0.3, 0.4) is 0 Å². The molecule has 8 nitrogen and oxygen atoms in total. The van der Waals surface area contributed by atoms with Crippen LogP contribution >= 0.6 is 0 Å². The first-order valence-electron chi connectivity index (χ1n) is 4.54. The highest BCUT2D eigenvalue weighted by atomic mass is 16.6. The van der Waals surface area contributed by atoms with E-state index < -0.39 is 10.9 Å². The predicted octanol–water partition coefficient (Wildman–Crippen LogP) is 1.13. The molecule has 88 valence electrons. The number of carboxylic acid groups (broad SMARTS) is 1. The number of nitrogens with zero attached hydrogens (tertiary/aromatic N) is 3. The molecule has 1 N–H and O–H groups in total. The van der Waals surface area contributed by atoms with E-state index in [2.05, 4.69) is 5.10 Å². The number of carboxylic acids is 1. The fraction of sp³-hybridized carbons (Fsp3) is 0.111. The Hall–Kier alpha value is -2.64. The van der Waals surface area contributed by atoms with Gasteiger partial charge in [-0.2, -0.15) is 5.10 Å². The molecular weight excluding hydrogens is 230 g/mol. The Morgan fingerprint density at radius 3 is 3.00 bits per heavy atom. The number of aromatic nitrogens is 2. The summed E-state index contributed by atoms with van der Waals surface area (Å²) in [5.41, 5.74) is -0.142. The van der Waals surface area contributed by atoms with Gasteiger partial charge < -0.3 is 9.52 Å². The zero-order chi connectivity index (χ0) is 12.4. The number of furan rings is 1. The Bertz CT molecular complexity index is 571. The fourth-order valence-electron chi connectivity index (χ4n) is 1.33. The van der Waals surface area contributed by atoms with Crippen molar-refractivity contribution in [1.82, 2.24) is 9.78 Å². The summed E-state index contributed by atoms with van der Waals surface area (Å²) in [6, 6.07) is 1.32. The number of hydrogen-bond donors (Lipinski definition) is 1. The Balaban J connectivity index is 2.22. The molecule has 0 spiro atoms. The number of hydrogen-bond acceptors (Lipinski definition) is 5. The van der Waals surface area contributed by atoms with E-state index in [-0.39, 0.29) is 23.6 Å². The molecule has 0 saturated heterocycles. The summed E-state index contributed by atoms with van der Waals surface area (Å²) in [5.74, 6) is -0.925. The maximum Gasteiger partial charge on any atom is 0.339 e. The van der Waals surface area contributed by atoms with E-state index in [1.165, 1.54) is 23.2 Å². The SMILES string of the molecule is O=C(O)c1ccoc1Cn1cc([N+](=O)[O-])cn1. The number of carbonyl (C=O) groups is 1. The Morgan fingerprint density at radius 2 is 2.41 bits per heavy atom. The molecule has 2 aromatic heterocycles. The molecule has 0 bridgehead atoms. The van der Waals surface area contributed by atoms with Crippen LogP contribution in [0, 0.1) is 10.1 Å². The normalized spacial score (nSPS) is 10.4. The molecule has 2 rings (SSSR count). The third-order valence-corrected chi connectivity index (χ3v) is 2.11. The highest BCUT2D eigenvalue weighted by Crippen LogP contribution is 2.14. The fourth-order valence-corrected chi connectivity index (χ4v) is 1.33. The molecule has 0 fully saturated rings. The van der Waals surface area contributed by atoms with Crippen molar-refractivity contribution in [1.29, 1.82) is 0 Å². The third kappa shape index (κ3) is 2.14. The standard InChI is InChI=1S/C9H7N3O5/c13-9(14)7-1-2-17-8(7)5-11-4-6(3-10-11)12(15)16/h1-4H,5H2,(H,13,14). The highest BCUT2D eigenvalue weighted by molar-refractivity contribution is 5.88. The lowest BCUT2D eigenvalue weighted by atomic mass is 10.2. The molecule has 17 heavy (non-hydrogen) atoms. The maximum absolute atomic E-state index is 10.8. The lowest BCUT2D eigenvalue weighted by molar-refractivity contribution is -0.385.